The minimum atomic E-state index is -0.0874. The standard InChI is InChI=1S/C18H24N2O4S/c1-11(2)13-10-25-17(20-13)7-6-16(21)19-12-8-14(22-3)18(24-5)15(9-12)23-4/h8-11H,6-7H2,1-5H3,(H,19,21). The number of aryl methyl sites for hydroxylation is 1. The molecule has 7 heteroatoms. The molecule has 0 aliphatic rings. The van der Waals surface area contributed by atoms with Crippen molar-refractivity contribution in [2.75, 3.05) is 26.6 Å². The number of hydrogen-bond acceptors (Lipinski definition) is 6. The second-order valence-corrected chi connectivity index (χ2v) is 6.73. The first kappa shape index (κ1) is 19.1. The van der Waals surface area contributed by atoms with Crippen LogP contribution in [0.2, 0.25) is 0 Å². The van der Waals surface area contributed by atoms with Crippen LogP contribution in [-0.2, 0) is 11.2 Å². The van der Waals surface area contributed by atoms with Crippen LogP contribution >= 0.6 is 11.3 Å². The fraction of sp³-hybridized carbons (Fsp3) is 0.444. The van der Waals surface area contributed by atoms with E-state index in [-0.39, 0.29) is 5.91 Å². The monoisotopic (exact) mass is 364 g/mol. The summed E-state index contributed by atoms with van der Waals surface area (Å²) in [6.45, 7) is 4.21. The lowest BCUT2D eigenvalue weighted by Gasteiger charge is -2.14. The average molecular weight is 364 g/mol. The molecule has 0 saturated carbocycles. The second kappa shape index (κ2) is 8.71. The van der Waals surface area contributed by atoms with E-state index in [1.54, 1.807) is 23.5 Å². The molecule has 2 rings (SSSR count). The quantitative estimate of drug-likeness (QED) is 0.770. The van der Waals surface area contributed by atoms with Crippen LogP contribution < -0.4 is 19.5 Å². The number of hydrogen-bond donors (Lipinski definition) is 1. The van der Waals surface area contributed by atoms with Crippen molar-refractivity contribution in [2.45, 2.75) is 32.6 Å². The summed E-state index contributed by atoms with van der Waals surface area (Å²) in [6.07, 6.45) is 0.982. The molecular weight excluding hydrogens is 340 g/mol. The molecule has 2 aromatic rings. The summed E-state index contributed by atoms with van der Waals surface area (Å²) in [4.78, 5) is 16.8. The van der Waals surface area contributed by atoms with Gasteiger partial charge >= 0.3 is 0 Å². The van der Waals surface area contributed by atoms with Crippen molar-refractivity contribution in [3.8, 4) is 17.2 Å². The fourth-order valence-corrected chi connectivity index (χ4v) is 3.26. The molecule has 0 aliphatic carbocycles. The Morgan fingerprint density at radius 3 is 2.28 bits per heavy atom. The van der Waals surface area contributed by atoms with E-state index in [2.05, 4.69) is 29.5 Å². The van der Waals surface area contributed by atoms with Gasteiger partial charge in [0.25, 0.3) is 0 Å². The molecule has 25 heavy (non-hydrogen) atoms. The number of carbonyl (C=O) groups is 1. The first-order valence-corrected chi connectivity index (χ1v) is 8.90. The van der Waals surface area contributed by atoms with Crippen LogP contribution in [0, 0.1) is 0 Å². The summed E-state index contributed by atoms with van der Waals surface area (Å²) in [7, 11) is 4.62. The van der Waals surface area contributed by atoms with Crippen LogP contribution in [0.4, 0.5) is 5.69 Å². The Morgan fingerprint density at radius 2 is 1.80 bits per heavy atom. The van der Waals surface area contributed by atoms with Gasteiger partial charge in [-0.15, -0.1) is 11.3 Å². The third-order valence-electron chi connectivity index (χ3n) is 3.68. The summed E-state index contributed by atoms with van der Waals surface area (Å²) in [5.41, 5.74) is 1.67. The fourth-order valence-electron chi connectivity index (χ4n) is 2.30. The number of nitrogens with one attached hydrogen (secondary N) is 1. The van der Waals surface area contributed by atoms with Gasteiger partial charge in [-0.2, -0.15) is 0 Å². The summed E-state index contributed by atoms with van der Waals surface area (Å²) < 4.78 is 15.9. The van der Waals surface area contributed by atoms with E-state index in [4.69, 9.17) is 14.2 Å². The lowest BCUT2D eigenvalue weighted by Crippen LogP contribution is -2.12. The second-order valence-electron chi connectivity index (χ2n) is 5.78. The van der Waals surface area contributed by atoms with Gasteiger partial charge in [-0.1, -0.05) is 13.8 Å². The van der Waals surface area contributed by atoms with Gasteiger partial charge in [0.15, 0.2) is 11.5 Å². The van der Waals surface area contributed by atoms with E-state index in [1.165, 1.54) is 21.3 Å². The molecule has 0 radical (unpaired) electrons. The molecule has 1 aromatic heterocycles. The van der Waals surface area contributed by atoms with Crippen molar-refractivity contribution in [3.05, 3.63) is 28.2 Å². The minimum absolute atomic E-state index is 0.0874. The molecule has 0 bridgehead atoms. The maximum absolute atomic E-state index is 12.2. The summed E-state index contributed by atoms with van der Waals surface area (Å²) in [5.74, 6) is 1.80. The van der Waals surface area contributed by atoms with Crippen LogP contribution in [0.5, 0.6) is 17.2 Å². The summed E-state index contributed by atoms with van der Waals surface area (Å²) >= 11 is 1.60. The normalized spacial score (nSPS) is 10.6. The maximum atomic E-state index is 12.2. The first-order chi connectivity index (χ1) is 12.0. The van der Waals surface area contributed by atoms with Crippen molar-refractivity contribution in [2.24, 2.45) is 0 Å². The Labute approximate surface area is 152 Å². The number of nitrogens with zero attached hydrogens (tertiary/aromatic N) is 1. The number of ether oxygens (including phenoxy) is 3. The summed E-state index contributed by atoms with van der Waals surface area (Å²) in [5, 5.41) is 5.89. The molecule has 1 N–H and O–H groups in total. The molecule has 0 aliphatic heterocycles. The van der Waals surface area contributed by atoms with E-state index in [0.29, 0.717) is 41.7 Å². The third kappa shape index (κ3) is 4.85. The average Bonchev–Trinajstić information content (AvgIpc) is 3.08. The predicted molar refractivity (Wildman–Crippen MR) is 99.3 cm³/mol. The van der Waals surface area contributed by atoms with Gasteiger partial charge in [0.1, 0.15) is 0 Å². The van der Waals surface area contributed by atoms with Gasteiger partial charge in [-0.05, 0) is 5.92 Å². The Morgan fingerprint density at radius 1 is 1.16 bits per heavy atom. The molecule has 136 valence electrons. The molecule has 0 fully saturated rings. The number of aromatic nitrogens is 1. The molecule has 1 aromatic carbocycles. The Bertz CT molecular complexity index is 703. The lowest BCUT2D eigenvalue weighted by atomic mass is 10.2. The van der Waals surface area contributed by atoms with Crippen molar-refractivity contribution in [1.82, 2.24) is 4.98 Å². The molecule has 1 amide bonds. The highest BCUT2D eigenvalue weighted by molar-refractivity contribution is 7.09. The number of benzene rings is 1. The molecule has 0 spiro atoms. The van der Waals surface area contributed by atoms with E-state index >= 15 is 0 Å². The number of rotatable bonds is 8. The zero-order chi connectivity index (χ0) is 18.4. The maximum Gasteiger partial charge on any atom is 0.224 e. The molecular formula is C18H24N2O4S. The van der Waals surface area contributed by atoms with E-state index in [9.17, 15) is 4.79 Å². The molecule has 0 atom stereocenters. The van der Waals surface area contributed by atoms with Crippen molar-refractivity contribution >= 4 is 22.9 Å². The van der Waals surface area contributed by atoms with E-state index in [0.717, 1.165) is 10.7 Å². The van der Waals surface area contributed by atoms with Crippen molar-refractivity contribution < 1.29 is 19.0 Å². The molecule has 1 heterocycles. The summed E-state index contributed by atoms with van der Waals surface area (Å²) in [6, 6.07) is 3.42. The Hall–Kier alpha value is -2.28. The zero-order valence-corrected chi connectivity index (χ0v) is 16.0. The Balaban J connectivity index is 2.02. The van der Waals surface area contributed by atoms with E-state index in [1.807, 2.05) is 0 Å². The number of anilines is 1. The van der Waals surface area contributed by atoms with Crippen molar-refractivity contribution in [3.63, 3.8) is 0 Å². The largest absolute Gasteiger partial charge is 0.493 e. The van der Waals surface area contributed by atoms with Gasteiger partial charge in [-0.25, -0.2) is 4.98 Å². The number of methoxy groups -OCH3 is 3. The smallest absolute Gasteiger partial charge is 0.224 e. The molecule has 0 unspecified atom stereocenters. The van der Waals surface area contributed by atoms with Gasteiger partial charge < -0.3 is 19.5 Å². The predicted octanol–water partition coefficient (Wildman–Crippen LogP) is 3.86. The van der Waals surface area contributed by atoms with Crippen LogP contribution in [-0.4, -0.2) is 32.2 Å². The highest BCUT2D eigenvalue weighted by Gasteiger charge is 2.15. The SMILES string of the molecule is COc1cc(NC(=O)CCc2nc(C(C)C)cs2)cc(OC)c1OC. The van der Waals surface area contributed by atoms with E-state index < -0.39 is 0 Å². The zero-order valence-electron chi connectivity index (χ0n) is 15.2. The van der Waals surface area contributed by atoms with Gasteiger partial charge in [0.2, 0.25) is 11.7 Å². The molecule has 6 nitrogen and oxygen atoms in total. The topological polar surface area (TPSA) is 69.7 Å². The van der Waals surface area contributed by atoms with Crippen LogP contribution in [0.1, 0.15) is 36.9 Å². The van der Waals surface area contributed by atoms with Crippen LogP contribution in [0.3, 0.4) is 0 Å². The van der Waals surface area contributed by atoms with Gasteiger partial charge in [0.05, 0.1) is 32.0 Å². The molecule has 0 saturated heterocycles. The van der Waals surface area contributed by atoms with Crippen LogP contribution in [0.15, 0.2) is 17.5 Å². The first-order valence-electron chi connectivity index (χ1n) is 8.02. The van der Waals surface area contributed by atoms with Gasteiger partial charge in [0, 0.05) is 36.0 Å². The lowest BCUT2D eigenvalue weighted by molar-refractivity contribution is -0.116. The third-order valence-corrected chi connectivity index (χ3v) is 4.60. The minimum Gasteiger partial charge on any atom is -0.493 e. The van der Waals surface area contributed by atoms with Gasteiger partial charge in [-0.3, -0.25) is 4.79 Å². The highest BCUT2D eigenvalue weighted by atomic mass is 32.1. The highest BCUT2D eigenvalue weighted by Crippen LogP contribution is 2.39. The number of carbonyl (C=O) groups excluding carboxylic acids is 1. The van der Waals surface area contributed by atoms with Crippen LogP contribution in [0.25, 0.3) is 0 Å². The number of thiazole rings is 1. The van der Waals surface area contributed by atoms with Crippen molar-refractivity contribution in [1.29, 1.82) is 0 Å². The Kier molecular flexibility index (Phi) is 6.64. The number of amides is 1.